The highest BCUT2D eigenvalue weighted by Crippen LogP contribution is 2.27. The number of carbonyl (C=O) groups is 1. The molecule has 0 saturated carbocycles. The van der Waals surface area contributed by atoms with Crippen LogP contribution in [0.4, 0.5) is 0 Å². The first-order chi connectivity index (χ1) is 12.8. The summed E-state index contributed by atoms with van der Waals surface area (Å²) in [6.07, 6.45) is 4.65. The minimum absolute atomic E-state index is 0.115. The van der Waals surface area contributed by atoms with Crippen LogP contribution in [0.2, 0.25) is 5.02 Å². The predicted molar refractivity (Wildman–Crippen MR) is 103 cm³/mol. The van der Waals surface area contributed by atoms with Crippen molar-refractivity contribution in [2.24, 2.45) is 0 Å². The van der Waals surface area contributed by atoms with E-state index in [9.17, 15) is 4.79 Å². The molecule has 0 saturated heterocycles. The highest BCUT2D eigenvalue weighted by molar-refractivity contribution is 6.31. The number of aromatic nitrogens is 5. The number of nitrogens with zero attached hydrogens (tertiary/aromatic N) is 5. The number of amides is 1. The van der Waals surface area contributed by atoms with Crippen molar-refractivity contribution in [3.63, 3.8) is 0 Å². The van der Waals surface area contributed by atoms with Gasteiger partial charge in [-0.15, -0.1) is 0 Å². The normalized spacial score (nSPS) is 12.6. The van der Waals surface area contributed by atoms with Crippen LogP contribution < -0.4 is 5.32 Å². The molecule has 3 rings (SSSR count). The van der Waals surface area contributed by atoms with Gasteiger partial charge in [-0.3, -0.25) is 4.79 Å². The first-order valence-electron chi connectivity index (χ1n) is 8.55. The minimum Gasteiger partial charge on any atom is -0.342 e. The fraction of sp³-hybridized carbons (Fsp3) is 0.316. The Kier molecular flexibility index (Phi) is 5.23. The van der Waals surface area contributed by atoms with Crippen LogP contribution in [0.3, 0.4) is 0 Å². The van der Waals surface area contributed by atoms with Crippen LogP contribution in [-0.4, -0.2) is 30.6 Å². The van der Waals surface area contributed by atoms with Crippen molar-refractivity contribution in [3.05, 3.63) is 65.0 Å². The quantitative estimate of drug-likeness (QED) is 0.744. The maximum atomic E-state index is 12.8. The molecule has 1 aromatic carbocycles. The van der Waals surface area contributed by atoms with E-state index in [1.165, 1.54) is 11.0 Å². The molecule has 3 aromatic rings. The van der Waals surface area contributed by atoms with Gasteiger partial charge in [0.15, 0.2) is 5.82 Å². The fourth-order valence-electron chi connectivity index (χ4n) is 2.60. The molecule has 2 aromatic heterocycles. The van der Waals surface area contributed by atoms with Crippen molar-refractivity contribution in [3.8, 4) is 5.95 Å². The Hall–Kier alpha value is -2.80. The molecule has 0 unspecified atom stereocenters. The van der Waals surface area contributed by atoms with E-state index < -0.39 is 6.04 Å². The topological polar surface area (TPSA) is 85.6 Å². The van der Waals surface area contributed by atoms with Crippen LogP contribution in [0.25, 0.3) is 5.95 Å². The van der Waals surface area contributed by atoms with Gasteiger partial charge in [-0.25, -0.2) is 15.0 Å². The molecular formula is C19H21ClN6O. The molecule has 7 nitrogen and oxygen atoms in total. The van der Waals surface area contributed by atoms with Gasteiger partial charge in [-0.2, -0.15) is 9.78 Å². The Morgan fingerprint density at radius 2 is 1.85 bits per heavy atom. The SMILES string of the molecule is C[C@@H](NC(=O)c1cc(Cl)cc(C(C)(C)C)c1)c1ncnn1-c1ncccn1. The van der Waals surface area contributed by atoms with E-state index in [4.69, 9.17) is 11.6 Å². The second-order valence-corrected chi connectivity index (χ2v) is 7.69. The average Bonchev–Trinajstić information content (AvgIpc) is 3.11. The fourth-order valence-corrected chi connectivity index (χ4v) is 2.83. The second kappa shape index (κ2) is 7.44. The van der Waals surface area contributed by atoms with E-state index in [-0.39, 0.29) is 11.3 Å². The second-order valence-electron chi connectivity index (χ2n) is 7.25. The Bertz CT molecular complexity index is 948. The molecule has 27 heavy (non-hydrogen) atoms. The molecule has 0 aliphatic heterocycles. The van der Waals surface area contributed by atoms with Crippen molar-refractivity contribution in [1.29, 1.82) is 0 Å². The summed E-state index contributed by atoms with van der Waals surface area (Å²) in [5, 5.41) is 7.62. The van der Waals surface area contributed by atoms with Crippen molar-refractivity contribution in [1.82, 2.24) is 30.0 Å². The largest absolute Gasteiger partial charge is 0.342 e. The lowest BCUT2D eigenvalue weighted by molar-refractivity contribution is 0.0937. The summed E-state index contributed by atoms with van der Waals surface area (Å²) in [6.45, 7) is 8.05. The number of nitrogens with one attached hydrogen (secondary N) is 1. The molecule has 140 valence electrons. The van der Waals surface area contributed by atoms with Crippen molar-refractivity contribution in [2.75, 3.05) is 0 Å². The monoisotopic (exact) mass is 384 g/mol. The smallest absolute Gasteiger partial charge is 0.252 e. The predicted octanol–water partition coefficient (Wildman–Crippen LogP) is 3.50. The van der Waals surface area contributed by atoms with E-state index in [1.807, 2.05) is 19.1 Å². The lowest BCUT2D eigenvalue weighted by Crippen LogP contribution is -2.29. The van der Waals surface area contributed by atoms with Gasteiger partial charge in [0.05, 0.1) is 6.04 Å². The molecule has 1 amide bonds. The summed E-state index contributed by atoms with van der Waals surface area (Å²) < 4.78 is 1.50. The van der Waals surface area contributed by atoms with Gasteiger partial charge in [-0.05, 0) is 42.2 Å². The van der Waals surface area contributed by atoms with E-state index in [1.54, 1.807) is 24.5 Å². The maximum absolute atomic E-state index is 12.8. The van der Waals surface area contributed by atoms with Gasteiger partial charge in [-0.1, -0.05) is 32.4 Å². The van der Waals surface area contributed by atoms with Gasteiger partial charge in [0.1, 0.15) is 6.33 Å². The van der Waals surface area contributed by atoms with Crippen LogP contribution in [0, 0.1) is 0 Å². The van der Waals surface area contributed by atoms with Gasteiger partial charge < -0.3 is 5.32 Å². The third kappa shape index (κ3) is 4.31. The van der Waals surface area contributed by atoms with E-state index in [2.05, 4.69) is 46.1 Å². The average molecular weight is 385 g/mol. The Balaban J connectivity index is 1.84. The van der Waals surface area contributed by atoms with Crippen molar-refractivity contribution >= 4 is 17.5 Å². The number of halogens is 1. The van der Waals surface area contributed by atoms with Crippen LogP contribution in [0.1, 0.15) is 55.5 Å². The summed E-state index contributed by atoms with van der Waals surface area (Å²) in [4.78, 5) is 25.4. The van der Waals surface area contributed by atoms with E-state index in [0.29, 0.717) is 22.4 Å². The molecule has 0 fully saturated rings. The molecular weight excluding hydrogens is 364 g/mol. The number of hydrogen-bond donors (Lipinski definition) is 1. The van der Waals surface area contributed by atoms with Crippen LogP contribution >= 0.6 is 11.6 Å². The van der Waals surface area contributed by atoms with Crippen molar-refractivity contribution in [2.45, 2.75) is 39.2 Å². The lowest BCUT2D eigenvalue weighted by Gasteiger charge is -2.21. The van der Waals surface area contributed by atoms with Crippen LogP contribution in [-0.2, 0) is 5.41 Å². The molecule has 2 heterocycles. The van der Waals surface area contributed by atoms with Gasteiger partial charge in [0.2, 0.25) is 0 Å². The highest BCUT2D eigenvalue weighted by Gasteiger charge is 2.21. The first-order valence-corrected chi connectivity index (χ1v) is 8.93. The molecule has 0 aliphatic carbocycles. The zero-order valence-corrected chi connectivity index (χ0v) is 16.4. The van der Waals surface area contributed by atoms with Gasteiger partial charge in [0.25, 0.3) is 11.9 Å². The number of benzene rings is 1. The lowest BCUT2D eigenvalue weighted by atomic mass is 9.86. The third-order valence-corrected chi connectivity index (χ3v) is 4.29. The summed E-state index contributed by atoms with van der Waals surface area (Å²) >= 11 is 6.22. The number of rotatable bonds is 4. The summed E-state index contributed by atoms with van der Waals surface area (Å²) in [6, 6.07) is 6.71. The Morgan fingerprint density at radius 3 is 2.52 bits per heavy atom. The Labute approximate surface area is 162 Å². The van der Waals surface area contributed by atoms with E-state index >= 15 is 0 Å². The number of hydrogen-bond acceptors (Lipinski definition) is 5. The van der Waals surface area contributed by atoms with Crippen molar-refractivity contribution < 1.29 is 4.79 Å². The molecule has 0 aliphatic rings. The van der Waals surface area contributed by atoms with E-state index in [0.717, 1.165) is 5.56 Å². The minimum atomic E-state index is -0.402. The third-order valence-electron chi connectivity index (χ3n) is 4.08. The van der Waals surface area contributed by atoms with Crippen LogP contribution in [0.15, 0.2) is 43.0 Å². The van der Waals surface area contributed by atoms with Gasteiger partial charge >= 0.3 is 0 Å². The first kappa shape index (κ1) is 19.0. The number of carbonyl (C=O) groups excluding carboxylic acids is 1. The Morgan fingerprint density at radius 1 is 1.15 bits per heavy atom. The summed E-state index contributed by atoms with van der Waals surface area (Å²) in [7, 11) is 0. The van der Waals surface area contributed by atoms with Crippen LogP contribution in [0.5, 0.6) is 0 Å². The van der Waals surface area contributed by atoms with Gasteiger partial charge in [0, 0.05) is 23.0 Å². The molecule has 0 spiro atoms. The zero-order valence-electron chi connectivity index (χ0n) is 15.6. The zero-order chi connectivity index (χ0) is 19.6. The summed E-state index contributed by atoms with van der Waals surface area (Å²) in [5.74, 6) is 0.690. The molecule has 1 atom stereocenters. The standard InChI is InChI=1S/C19H21ClN6O/c1-12(16-23-11-24-26(16)18-21-6-5-7-22-18)25-17(27)13-8-14(19(2,3)4)10-15(20)9-13/h5-12H,1-4H3,(H,25,27)/t12-/m1/s1. The highest BCUT2D eigenvalue weighted by atomic mass is 35.5. The maximum Gasteiger partial charge on any atom is 0.252 e. The molecule has 0 radical (unpaired) electrons. The molecule has 1 N–H and O–H groups in total. The molecule has 0 bridgehead atoms. The molecule has 8 heteroatoms. The summed E-state index contributed by atoms with van der Waals surface area (Å²) in [5.41, 5.74) is 1.38.